The number of aryl methyl sites for hydroxylation is 3. The minimum Gasteiger partial charge on any atom is -0.383 e. The van der Waals surface area contributed by atoms with Crippen LogP contribution in [0.1, 0.15) is 36.2 Å². The zero-order valence-electron chi connectivity index (χ0n) is 13.3. The van der Waals surface area contributed by atoms with Gasteiger partial charge < -0.3 is 5.73 Å². The molecule has 2 aromatic rings. The molecule has 0 bridgehead atoms. The van der Waals surface area contributed by atoms with E-state index >= 15 is 0 Å². The predicted octanol–water partition coefficient (Wildman–Crippen LogP) is 4.61. The molecule has 0 saturated carbocycles. The number of anilines is 1. The van der Waals surface area contributed by atoms with Gasteiger partial charge in [-0.25, -0.2) is 9.97 Å². The van der Waals surface area contributed by atoms with Crippen molar-refractivity contribution < 1.29 is 0 Å². The van der Waals surface area contributed by atoms with Crippen molar-refractivity contribution in [3.8, 4) is 11.4 Å². The summed E-state index contributed by atoms with van der Waals surface area (Å²) in [5.74, 6) is 1.75. The molecule has 0 unspecified atom stereocenters. The summed E-state index contributed by atoms with van der Waals surface area (Å²) in [4.78, 5) is 9.24. The van der Waals surface area contributed by atoms with Gasteiger partial charge in [0.05, 0.1) is 10.2 Å². The van der Waals surface area contributed by atoms with E-state index in [9.17, 15) is 0 Å². The molecule has 0 fully saturated rings. The molecule has 0 saturated heterocycles. The summed E-state index contributed by atoms with van der Waals surface area (Å²) in [7, 11) is 0. The molecular formula is C17H22BrN3. The van der Waals surface area contributed by atoms with Gasteiger partial charge in [-0.15, -0.1) is 0 Å². The Morgan fingerprint density at radius 3 is 2.19 bits per heavy atom. The molecule has 4 heteroatoms. The number of aromatic nitrogens is 2. The lowest BCUT2D eigenvalue weighted by molar-refractivity contribution is 0.633. The second-order valence-electron chi connectivity index (χ2n) is 6.06. The SMILES string of the molecule is Cc1cc(C)c(-c2nc(N)c(Br)c(CC(C)C)n2)c(C)c1. The standard InChI is InChI=1S/C17H22BrN3/c1-9(2)6-13-15(18)16(19)21-17(20-13)14-11(4)7-10(3)8-12(14)5/h7-9H,6H2,1-5H3,(H2,19,20,21). The largest absolute Gasteiger partial charge is 0.383 e. The zero-order valence-corrected chi connectivity index (χ0v) is 14.9. The van der Waals surface area contributed by atoms with Gasteiger partial charge in [-0.3, -0.25) is 0 Å². The number of nitrogens with two attached hydrogens (primary N) is 1. The van der Waals surface area contributed by atoms with E-state index in [2.05, 4.69) is 67.7 Å². The van der Waals surface area contributed by atoms with Crippen LogP contribution in [0.15, 0.2) is 16.6 Å². The second kappa shape index (κ2) is 6.14. The Morgan fingerprint density at radius 2 is 1.67 bits per heavy atom. The summed E-state index contributed by atoms with van der Waals surface area (Å²) in [6, 6.07) is 4.32. The average molecular weight is 348 g/mol. The summed E-state index contributed by atoms with van der Waals surface area (Å²) in [6.45, 7) is 10.6. The van der Waals surface area contributed by atoms with E-state index in [4.69, 9.17) is 10.7 Å². The fraction of sp³-hybridized carbons (Fsp3) is 0.412. The lowest BCUT2D eigenvalue weighted by Crippen LogP contribution is -2.07. The third-order valence-electron chi connectivity index (χ3n) is 3.45. The molecular weight excluding hydrogens is 326 g/mol. The van der Waals surface area contributed by atoms with Crippen molar-refractivity contribution in [2.24, 2.45) is 5.92 Å². The molecule has 1 heterocycles. The van der Waals surface area contributed by atoms with E-state index in [0.717, 1.165) is 28.0 Å². The van der Waals surface area contributed by atoms with E-state index in [1.54, 1.807) is 0 Å². The quantitative estimate of drug-likeness (QED) is 0.881. The van der Waals surface area contributed by atoms with Crippen molar-refractivity contribution in [2.45, 2.75) is 41.0 Å². The predicted molar refractivity (Wildman–Crippen MR) is 92.3 cm³/mol. The molecule has 0 atom stereocenters. The van der Waals surface area contributed by atoms with Crippen LogP contribution in [-0.4, -0.2) is 9.97 Å². The molecule has 0 aliphatic rings. The number of hydrogen-bond donors (Lipinski definition) is 1. The van der Waals surface area contributed by atoms with Crippen LogP contribution >= 0.6 is 15.9 Å². The third kappa shape index (κ3) is 3.43. The molecule has 21 heavy (non-hydrogen) atoms. The first-order valence-corrected chi connectivity index (χ1v) is 7.99. The Hall–Kier alpha value is -1.42. The molecule has 2 N–H and O–H groups in total. The van der Waals surface area contributed by atoms with Crippen molar-refractivity contribution in [3.63, 3.8) is 0 Å². The smallest absolute Gasteiger partial charge is 0.162 e. The molecule has 112 valence electrons. The first-order chi connectivity index (χ1) is 9.79. The number of nitrogen functional groups attached to an aromatic ring is 1. The van der Waals surface area contributed by atoms with Crippen molar-refractivity contribution in [1.29, 1.82) is 0 Å². The van der Waals surface area contributed by atoms with Crippen molar-refractivity contribution in [3.05, 3.63) is 39.0 Å². The van der Waals surface area contributed by atoms with Gasteiger partial charge in [-0.1, -0.05) is 31.5 Å². The van der Waals surface area contributed by atoms with E-state index in [-0.39, 0.29) is 0 Å². The highest BCUT2D eigenvalue weighted by molar-refractivity contribution is 9.10. The van der Waals surface area contributed by atoms with Crippen molar-refractivity contribution in [2.75, 3.05) is 5.73 Å². The van der Waals surface area contributed by atoms with Crippen LogP contribution in [0, 0.1) is 26.7 Å². The minimum absolute atomic E-state index is 0.509. The highest BCUT2D eigenvalue weighted by Gasteiger charge is 2.15. The summed E-state index contributed by atoms with van der Waals surface area (Å²) in [6.07, 6.45) is 0.879. The fourth-order valence-corrected chi connectivity index (χ4v) is 3.02. The normalized spacial score (nSPS) is 11.2. The van der Waals surface area contributed by atoms with Crippen molar-refractivity contribution in [1.82, 2.24) is 9.97 Å². The summed E-state index contributed by atoms with van der Waals surface area (Å²) in [5.41, 5.74) is 11.8. The highest BCUT2D eigenvalue weighted by atomic mass is 79.9. The van der Waals surface area contributed by atoms with E-state index in [1.807, 2.05) is 0 Å². The molecule has 0 aliphatic carbocycles. The summed E-state index contributed by atoms with van der Waals surface area (Å²) < 4.78 is 0.822. The van der Waals surface area contributed by atoms with Crippen LogP contribution < -0.4 is 5.73 Å². The van der Waals surface area contributed by atoms with E-state index < -0.39 is 0 Å². The van der Waals surface area contributed by atoms with Crippen LogP contribution in [0.3, 0.4) is 0 Å². The van der Waals surface area contributed by atoms with Crippen molar-refractivity contribution >= 4 is 21.7 Å². The monoisotopic (exact) mass is 347 g/mol. The fourth-order valence-electron chi connectivity index (χ4n) is 2.68. The highest BCUT2D eigenvalue weighted by Crippen LogP contribution is 2.30. The summed E-state index contributed by atoms with van der Waals surface area (Å²) in [5, 5.41) is 0. The Kier molecular flexibility index (Phi) is 4.67. The summed E-state index contributed by atoms with van der Waals surface area (Å²) >= 11 is 3.51. The Labute approximate surface area is 135 Å². The van der Waals surface area contributed by atoms with Crippen LogP contribution in [0.5, 0.6) is 0 Å². The molecule has 0 spiro atoms. The second-order valence-corrected chi connectivity index (χ2v) is 6.86. The van der Waals surface area contributed by atoms with Gasteiger partial charge in [-0.05, 0) is 60.2 Å². The molecule has 1 aromatic carbocycles. The average Bonchev–Trinajstić information content (AvgIpc) is 2.33. The Balaban J connectivity index is 2.62. The zero-order chi connectivity index (χ0) is 15.7. The molecule has 0 aliphatic heterocycles. The minimum atomic E-state index is 0.509. The lowest BCUT2D eigenvalue weighted by atomic mass is 9.99. The maximum Gasteiger partial charge on any atom is 0.162 e. The van der Waals surface area contributed by atoms with Crippen LogP contribution in [0.4, 0.5) is 5.82 Å². The van der Waals surface area contributed by atoms with Crippen LogP contribution in [-0.2, 0) is 6.42 Å². The maximum atomic E-state index is 6.07. The van der Waals surface area contributed by atoms with E-state index in [1.165, 1.54) is 16.7 Å². The van der Waals surface area contributed by atoms with Crippen LogP contribution in [0.25, 0.3) is 11.4 Å². The number of nitrogens with zero attached hydrogens (tertiary/aromatic N) is 2. The maximum absolute atomic E-state index is 6.07. The first kappa shape index (κ1) is 16.0. The van der Waals surface area contributed by atoms with Crippen LogP contribution in [0.2, 0.25) is 0 Å². The van der Waals surface area contributed by atoms with Gasteiger partial charge in [-0.2, -0.15) is 0 Å². The van der Waals surface area contributed by atoms with Gasteiger partial charge in [0.25, 0.3) is 0 Å². The number of hydrogen-bond acceptors (Lipinski definition) is 3. The van der Waals surface area contributed by atoms with Gasteiger partial charge in [0.2, 0.25) is 0 Å². The number of halogens is 1. The van der Waals surface area contributed by atoms with Gasteiger partial charge in [0.1, 0.15) is 5.82 Å². The number of rotatable bonds is 3. The Bertz CT molecular complexity index is 655. The molecule has 1 aromatic heterocycles. The molecule has 3 nitrogen and oxygen atoms in total. The van der Waals surface area contributed by atoms with E-state index in [0.29, 0.717) is 11.7 Å². The number of benzene rings is 1. The molecule has 2 rings (SSSR count). The topological polar surface area (TPSA) is 51.8 Å². The first-order valence-electron chi connectivity index (χ1n) is 7.19. The van der Waals surface area contributed by atoms with Gasteiger partial charge >= 0.3 is 0 Å². The Morgan fingerprint density at radius 1 is 1.10 bits per heavy atom. The van der Waals surface area contributed by atoms with Gasteiger partial charge in [0, 0.05) is 5.56 Å². The molecule has 0 amide bonds. The lowest BCUT2D eigenvalue weighted by Gasteiger charge is -2.14. The molecule has 0 radical (unpaired) electrons. The van der Waals surface area contributed by atoms with Gasteiger partial charge in [0.15, 0.2) is 5.82 Å². The third-order valence-corrected chi connectivity index (χ3v) is 4.31.